The van der Waals surface area contributed by atoms with E-state index in [2.05, 4.69) is 53.1 Å². The number of rotatable bonds is 6. The first-order valence-electron chi connectivity index (χ1n) is 13.3. The van der Waals surface area contributed by atoms with Crippen LogP contribution in [0.1, 0.15) is 17.4 Å². The first-order valence-corrected chi connectivity index (χ1v) is 16.0. The van der Waals surface area contributed by atoms with Gasteiger partial charge in [-0.15, -0.1) is 11.3 Å². The van der Waals surface area contributed by atoms with Crippen molar-refractivity contribution in [2.75, 3.05) is 57.1 Å². The van der Waals surface area contributed by atoms with Crippen molar-refractivity contribution >= 4 is 37.3 Å². The third-order valence-corrected chi connectivity index (χ3v) is 9.97. The van der Waals surface area contributed by atoms with Gasteiger partial charge in [-0.1, -0.05) is 23.8 Å². The molecule has 0 N–H and O–H groups in total. The minimum absolute atomic E-state index is 0.0424. The molecule has 5 heterocycles. The molecule has 3 aromatic heterocycles. The van der Waals surface area contributed by atoms with Crippen molar-refractivity contribution in [2.24, 2.45) is 0 Å². The number of ether oxygens (including phenoxy) is 1. The zero-order valence-electron chi connectivity index (χ0n) is 22.6. The molecule has 0 bridgehead atoms. The van der Waals surface area contributed by atoms with E-state index in [9.17, 15) is 8.42 Å². The number of nitrogens with zero attached hydrogens (tertiary/aromatic N) is 6. The van der Waals surface area contributed by atoms with E-state index in [0.29, 0.717) is 26.3 Å². The standard InChI is InChI=1S/C28H34N6O3S2/c1-20-5-4-6-22(15-20)24-7-8-33(30-24)27-17-26(32-11-13-37-14-12-32)28-25(29-27)16-23(38-28)19-31-9-10-34(21(2)18-31)39(3,35)36/h4-8,15-17,21H,9-14,18-19H2,1-3H3/t21-/m0/s1. The van der Waals surface area contributed by atoms with Crippen LogP contribution in [0.3, 0.4) is 0 Å². The number of aryl methyl sites for hydroxylation is 1. The SMILES string of the molecule is Cc1cccc(-c2ccn(-c3cc(N4CCOCC4)c4sc(CN5CCN(S(C)(=O)=O)[C@@H](C)C5)cc4n3)n2)c1. The van der Waals surface area contributed by atoms with Gasteiger partial charge in [-0.05, 0) is 32.0 Å². The predicted octanol–water partition coefficient (Wildman–Crippen LogP) is 3.76. The molecule has 0 amide bonds. The van der Waals surface area contributed by atoms with Crippen LogP contribution in [0.5, 0.6) is 0 Å². The van der Waals surface area contributed by atoms with Gasteiger partial charge in [-0.3, -0.25) is 4.90 Å². The highest BCUT2D eigenvalue weighted by Crippen LogP contribution is 2.36. The third kappa shape index (κ3) is 5.59. The zero-order valence-corrected chi connectivity index (χ0v) is 24.2. The van der Waals surface area contributed by atoms with Gasteiger partial charge >= 0.3 is 0 Å². The molecule has 2 aliphatic rings. The number of thiophene rings is 1. The molecule has 6 rings (SSSR count). The molecule has 4 aromatic rings. The maximum absolute atomic E-state index is 12.1. The minimum Gasteiger partial charge on any atom is -0.378 e. The lowest BCUT2D eigenvalue weighted by Crippen LogP contribution is -2.53. The van der Waals surface area contributed by atoms with Crippen LogP contribution in [0.25, 0.3) is 27.3 Å². The van der Waals surface area contributed by atoms with E-state index in [-0.39, 0.29) is 6.04 Å². The summed E-state index contributed by atoms with van der Waals surface area (Å²) in [6.07, 6.45) is 3.27. The molecule has 11 heteroatoms. The van der Waals surface area contributed by atoms with Crippen molar-refractivity contribution in [2.45, 2.75) is 26.4 Å². The average molecular weight is 567 g/mol. The summed E-state index contributed by atoms with van der Waals surface area (Å²) in [4.78, 5) is 11.0. The van der Waals surface area contributed by atoms with Crippen LogP contribution < -0.4 is 4.90 Å². The second kappa shape index (κ2) is 10.6. The molecule has 0 aliphatic carbocycles. The van der Waals surface area contributed by atoms with Crippen LogP contribution in [-0.2, 0) is 21.3 Å². The van der Waals surface area contributed by atoms with E-state index in [0.717, 1.165) is 54.5 Å². The van der Waals surface area contributed by atoms with E-state index in [1.54, 1.807) is 15.6 Å². The van der Waals surface area contributed by atoms with Crippen molar-refractivity contribution in [1.82, 2.24) is 24.0 Å². The van der Waals surface area contributed by atoms with Gasteiger partial charge in [-0.2, -0.15) is 9.40 Å². The number of piperazine rings is 1. The van der Waals surface area contributed by atoms with E-state index in [1.165, 1.54) is 21.4 Å². The first kappa shape index (κ1) is 26.4. The molecule has 0 saturated carbocycles. The van der Waals surface area contributed by atoms with Crippen LogP contribution in [0.15, 0.2) is 48.7 Å². The lowest BCUT2D eigenvalue weighted by Gasteiger charge is -2.38. The summed E-state index contributed by atoms with van der Waals surface area (Å²) in [5.74, 6) is 0.794. The normalized spacial score (nSPS) is 19.7. The largest absolute Gasteiger partial charge is 0.378 e. The number of hydrogen-bond donors (Lipinski definition) is 0. The number of aromatic nitrogens is 3. The first-order chi connectivity index (χ1) is 18.7. The van der Waals surface area contributed by atoms with Crippen LogP contribution in [-0.4, -0.2) is 90.6 Å². The Bertz CT molecular complexity index is 1590. The van der Waals surface area contributed by atoms with Crippen molar-refractivity contribution in [3.63, 3.8) is 0 Å². The molecule has 2 aliphatic heterocycles. The molecule has 2 fully saturated rings. The van der Waals surface area contributed by atoms with Gasteiger partial charge in [0, 0.05) is 68.0 Å². The molecule has 2 saturated heterocycles. The summed E-state index contributed by atoms with van der Waals surface area (Å²) in [5.41, 5.74) is 5.34. The van der Waals surface area contributed by atoms with Gasteiger partial charge in [-0.25, -0.2) is 18.1 Å². The fourth-order valence-electron chi connectivity index (χ4n) is 5.56. The molecular weight excluding hydrogens is 532 g/mol. The van der Waals surface area contributed by atoms with Gasteiger partial charge < -0.3 is 9.64 Å². The van der Waals surface area contributed by atoms with E-state index >= 15 is 0 Å². The number of morpholine rings is 1. The minimum atomic E-state index is -3.18. The second-order valence-corrected chi connectivity index (χ2v) is 13.6. The summed E-state index contributed by atoms with van der Waals surface area (Å²) in [6.45, 7) is 9.89. The number of sulfonamides is 1. The number of benzene rings is 1. The second-order valence-electron chi connectivity index (χ2n) is 10.5. The predicted molar refractivity (Wildman–Crippen MR) is 156 cm³/mol. The topological polar surface area (TPSA) is 83.8 Å². The maximum atomic E-state index is 12.1. The van der Waals surface area contributed by atoms with E-state index in [1.807, 2.05) is 23.9 Å². The highest BCUT2D eigenvalue weighted by atomic mass is 32.2. The Balaban J connectivity index is 1.32. The van der Waals surface area contributed by atoms with Gasteiger partial charge in [0.2, 0.25) is 10.0 Å². The molecule has 1 aromatic carbocycles. The van der Waals surface area contributed by atoms with Gasteiger partial charge in [0.15, 0.2) is 5.82 Å². The Morgan fingerprint density at radius 2 is 1.90 bits per heavy atom. The average Bonchev–Trinajstić information content (AvgIpc) is 3.55. The quantitative estimate of drug-likeness (QED) is 0.351. The lowest BCUT2D eigenvalue weighted by atomic mass is 10.1. The number of hydrogen-bond acceptors (Lipinski definition) is 8. The zero-order chi connectivity index (χ0) is 27.1. The van der Waals surface area contributed by atoms with E-state index in [4.69, 9.17) is 14.8 Å². The number of pyridine rings is 1. The summed E-state index contributed by atoms with van der Waals surface area (Å²) >= 11 is 1.78. The molecule has 206 valence electrons. The van der Waals surface area contributed by atoms with Crippen molar-refractivity contribution in [3.8, 4) is 17.1 Å². The Labute approximate surface area is 233 Å². The van der Waals surface area contributed by atoms with Crippen LogP contribution >= 0.6 is 11.3 Å². The van der Waals surface area contributed by atoms with Crippen molar-refractivity contribution < 1.29 is 13.2 Å². The van der Waals surface area contributed by atoms with Crippen LogP contribution in [0.4, 0.5) is 5.69 Å². The Morgan fingerprint density at radius 3 is 2.64 bits per heavy atom. The number of anilines is 1. The Morgan fingerprint density at radius 1 is 1.08 bits per heavy atom. The molecule has 0 unspecified atom stereocenters. The molecular formula is C28H34N6O3S2. The number of fused-ring (bicyclic) bond motifs is 1. The fourth-order valence-corrected chi connectivity index (χ4v) is 7.87. The highest BCUT2D eigenvalue weighted by molar-refractivity contribution is 7.88. The Hall–Kier alpha value is -2.83. The lowest BCUT2D eigenvalue weighted by molar-refractivity contribution is 0.123. The summed E-state index contributed by atoms with van der Waals surface area (Å²) in [5, 5.41) is 4.87. The smallest absolute Gasteiger partial charge is 0.211 e. The van der Waals surface area contributed by atoms with Gasteiger partial charge in [0.05, 0.1) is 41.1 Å². The highest BCUT2D eigenvalue weighted by Gasteiger charge is 2.30. The molecule has 1 atom stereocenters. The molecule has 39 heavy (non-hydrogen) atoms. The van der Waals surface area contributed by atoms with Crippen molar-refractivity contribution in [3.05, 3.63) is 59.1 Å². The molecule has 0 spiro atoms. The van der Waals surface area contributed by atoms with Crippen LogP contribution in [0, 0.1) is 6.92 Å². The van der Waals surface area contributed by atoms with Gasteiger partial charge in [0.25, 0.3) is 0 Å². The van der Waals surface area contributed by atoms with Crippen molar-refractivity contribution in [1.29, 1.82) is 0 Å². The maximum Gasteiger partial charge on any atom is 0.211 e. The summed E-state index contributed by atoms with van der Waals surface area (Å²) in [6, 6.07) is 14.7. The van der Waals surface area contributed by atoms with E-state index < -0.39 is 10.0 Å². The van der Waals surface area contributed by atoms with Gasteiger partial charge in [0.1, 0.15) is 0 Å². The van der Waals surface area contributed by atoms with Crippen LogP contribution in [0.2, 0.25) is 0 Å². The monoisotopic (exact) mass is 566 g/mol. The Kier molecular flexibility index (Phi) is 7.19. The summed E-state index contributed by atoms with van der Waals surface area (Å²) in [7, 11) is -3.18. The third-order valence-electron chi connectivity index (χ3n) is 7.44. The summed E-state index contributed by atoms with van der Waals surface area (Å²) < 4.78 is 34.5. The molecule has 0 radical (unpaired) electrons. The fraction of sp³-hybridized carbons (Fsp3) is 0.429. The molecule has 9 nitrogen and oxygen atoms in total.